The second-order valence-corrected chi connectivity index (χ2v) is 8.22. The molecule has 0 amide bonds. The Balaban J connectivity index is 1.52. The van der Waals surface area contributed by atoms with E-state index in [9.17, 15) is 0 Å². The number of hydrogen-bond acceptors (Lipinski definition) is 3. The molecule has 1 saturated heterocycles. The Morgan fingerprint density at radius 1 is 1.00 bits per heavy atom. The van der Waals surface area contributed by atoms with Crippen LogP contribution in [0.25, 0.3) is 11.0 Å². The summed E-state index contributed by atoms with van der Waals surface area (Å²) in [5, 5.41) is 0. The zero-order valence-corrected chi connectivity index (χ0v) is 16.1. The van der Waals surface area contributed by atoms with Crippen molar-refractivity contribution in [3.8, 4) is 0 Å². The molecule has 1 saturated carbocycles. The first kappa shape index (κ1) is 16.8. The first-order chi connectivity index (χ1) is 13.3. The summed E-state index contributed by atoms with van der Waals surface area (Å²) in [5.74, 6) is 0.869. The van der Waals surface area contributed by atoms with Crippen molar-refractivity contribution in [1.29, 1.82) is 0 Å². The smallest absolute Gasteiger partial charge is 0.0964 e. The molecule has 4 heteroatoms. The van der Waals surface area contributed by atoms with Crippen LogP contribution in [0.1, 0.15) is 30.9 Å². The molecule has 1 aliphatic heterocycles. The fraction of sp³-hybridized carbons (Fsp3) is 0.435. The SMILES string of the molecule is CN1CCN(c2ccc3ncn(C(CC4CC4)c4ccccc4)c3c2)CC1. The summed E-state index contributed by atoms with van der Waals surface area (Å²) in [4.78, 5) is 9.64. The highest BCUT2D eigenvalue weighted by molar-refractivity contribution is 5.80. The van der Waals surface area contributed by atoms with Crippen molar-refractivity contribution in [2.45, 2.75) is 25.3 Å². The summed E-state index contributed by atoms with van der Waals surface area (Å²) in [5.41, 5.74) is 5.09. The van der Waals surface area contributed by atoms with Gasteiger partial charge in [0.05, 0.1) is 23.4 Å². The fourth-order valence-electron chi connectivity index (χ4n) is 4.28. The molecule has 0 spiro atoms. The predicted octanol–water partition coefficient (Wildman–Crippen LogP) is 4.18. The quantitative estimate of drug-likeness (QED) is 0.682. The summed E-state index contributed by atoms with van der Waals surface area (Å²) in [6, 6.07) is 18.1. The molecule has 2 fully saturated rings. The van der Waals surface area contributed by atoms with Gasteiger partial charge in [-0.1, -0.05) is 43.2 Å². The van der Waals surface area contributed by atoms with Gasteiger partial charge in [-0.3, -0.25) is 0 Å². The monoisotopic (exact) mass is 360 g/mol. The van der Waals surface area contributed by atoms with Gasteiger partial charge < -0.3 is 14.4 Å². The summed E-state index contributed by atoms with van der Waals surface area (Å²) in [6.07, 6.45) is 6.03. The molecule has 1 unspecified atom stereocenters. The van der Waals surface area contributed by atoms with Crippen LogP contribution in [0.15, 0.2) is 54.9 Å². The minimum Gasteiger partial charge on any atom is -0.369 e. The molecule has 5 rings (SSSR count). The fourth-order valence-corrected chi connectivity index (χ4v) is 4.28. The second kappa shape index (κ2) is 7.01. The van der Waals surface area contributed by atoms with E-state index in [-0.39, 0.29) is 0 Å². The van der Waals surface area contributed by atoms with E-state index < -0.39 is 0 Å². The number of benzene rings is 2. The lowest BCUT2D eigenvalue weighted by Gasteiger charge is -2.34. The lowest BCUT2D eigenvalue weighted by Crippen LogP contribution is -2.44. The molecule has 27 heavy (non-hydrogen) atoms. The van der Waals surface area contributed by atoms with Gasteiger partial charge in [0.25, 0.3) is 0 Å². The second-order valence-electron chi connectivity index (χ2n) is 8.22. The Bertz CT molecular complexity index is 905. The molecular weight excluding hydrogens is 332 g/mol. The molecule has 1 aliphatic carbocycles. The first-order valence-electron chi connectivity index (χ1n) is 10.2. The van der Waals surface area contributed by atoms with Gasteiger partial charge in [-0.2, -0.15) is 0 Å². The number of rotatable bonds is 5. The van der Waals surface area contributed by atoms with E-state index >= 15 is 0 Å². The third-order valence-electron chi connectivity index (χ3n) is 6.20. The number of piperazine rings is 1. The van der Waals surface area contributed by atoms with Crippen LogP contribution in [0, 0.1) is 5.92 Å². The van der Waals surface area contributed by atoms with Crippen molar-refractivity contribution in [2.75, 3.05) is 38.1 Å². The van der Waals surface area contributed by atoms with Crippen molar-refractivity contribution >= 4 is 16.7 Å². The van der Waals surface area contributed by atoms with Crippen LogP contribution in [-0.4, -0.2) is 47.7 Å². The Labute approximate surface area is 161 Å². The summed E-state index contributed by atoms with van der Waals surface area (Å²) in [7, 11) is 2.21. The van der Waals surface area contributed by atoms with Gasteiger partial charge in [0.1, 0.15) is 0 Å². The van der Waals surface area contributed by atoms with E-state index in [0.29, 0.717) is 6.04 Å². The van der Waals surface area contributed by atoms with Gasteiger partial charge in [0, 0.05) is 31.9 Å². The lowest BCUT2D eigenvalue weighted by atomic mass is 10.0. The zero-order valence-electron chi connectivity index (χ0n) is 16.1. The van der Waals surface area contributed by atoms with Gasteiger partial charge in [-0.15, -0.1) is 0 Å². The zero-order chi connectivity index (χ0) is 18.2. The normalized spacial score (nSPS) is 19.5. The highest BCUT2D eigenvalue weighted by atomic mass is 15.2. The Kier molecular flexibility index (Phi) is 4.36. The van der Waals surface area contributed by atoms with Gasteiger partial charge >= 0.3 is 0 Å². The van der Waals surface area contributed by atoms with E-state index in [0.717, 1.165) is 37.6 Å². The highest BCUT2D eigenvalue weighted by Gasteiger charge is 2.28. The van der Waals surface area contributed by atoms with E-state index in [1.54, 1.807) is 0 Å². The van der Waals surface area contributed by atoms with Crippen molar-refractivity contribution in [3.63, 3.8) is 0 Å². The average molecular weight is 361 g/mol. The van der Waals surface area contributed by atoms with Crippen LogP contribution < -0.4 is 4.90 Å². The van der Waals surface area contributed by atoms with Crippen molar-refractivity contribution in [1.82, 2.24) is 14.5 Å². The topological polar surface area (TPSA) is 24.3 Å². The number of nitrogens with zero attached hydrogens (tertiary/aromatic N) is 4. The van der Waals surface area contributed by atoms with Gasteiger partial charge in [0.15, 0.2) is 0 Å². The van der Waals surface area contributed by atoms with Crippen LogP contribution >= 0.6 is 0 Å². The van der Waals surface area contributed by atoms with Crippen molar-refractivity contribution in [2.24, 2.45) is 5.92 Å². The molecule has 1 atom stereocenters. The van der Waals surface area contributed by atoms with Gasteiger partial charge in [0.2, 0.25) is 0 Å². The van der Waals surface area contributed by atoms with Crippen molar-refractivity contribution in [3.05, 3.63) is 60.4 Å². The molecule has 2 aliphatic rings. The maximum absolute atomic E-state index is 4.73. The van der Waals surface area contributed by atoms with E-state index in [4.69, 9.17) is 4.98 Å². The van der Waals surface area contributed by atoms with E-state index in [2.05, 4.69) is 76.3 Å². The molecule has 3 aromatic rings. The maximum Gasteiger partial charge on any atom is 0.0964 e. The number of imidazole rings is 1. The number of hydrogen-bond donors (Lipinski definition) is 0. The molecule has 0 bridgehead atoms. The molecular formula is C23H28N4. The molecule has 0 radical (unpaired) electrons. The first-order valence-corrected chi connectivity index (χ1v) is 10.2. The maximum atomic E-state index is 4.73. The van der Waals surface area contributed by atoms with E-state index in [1.807, 2.05) is 0 Å². The number of likely N-dealkylation sites (N-methyl/N-ethyl adjacent to an activating group) is 1. The van der Waals surface area contributed by atoms with Crippen LogP contribution in [0.4, 0.5) is 5.69 Å². The summed E-state index contributed by atoms with van der Waals surface area (Å²) in [6.45, 7) is 4.46. The minimum atomic E-state index is 0.381. The van der Waals surface area contributed by atoms with Crippen molar-refractivity contribution < 1.29 is 0 Å². The van der Waals surface area contributed by atoms with Crippen LogP contribution in [0.5, 0.6) is 0 Å². The summed E-state index contributed by atoms with van der Waals surface area (Å²) < 4.78 is 2.42. The average Bonchev–Trinajstić information content (AvgIpc) is 3.44. The number of anilines is 1. The largest absolute Gasteiger partial charge is 0.369 e. The third kappa shape index (κ3) is 3.46. The molecule has 4 nitrogen and oxygen atoms in total. The Morgan fingerprint density at radius 2 is 1.78 bits per heavy atom. The molecule has 140 valence electrons. The number of aromatic nitrogens is 2. The molecule has 0 N–H and O–H groups in total. The third-order valence-corrected chi connectivity index (χ3v) is 6.20. The predicted molar refractivity (Wildman–Crippen MR) is 111 cm³/mol. The number of fused-ring (bicyclic) bond motifs is 1. The van der Waals surface area contributed by atoms with Crippen LogP contribution in [0.3, 0.4) is 0 Å². The molecule has 2 aromatic carbocycles. The van der Waals surface area contributed by atoms with Gasteiger partial charge in [-0.05, 0) is 43.1 Å². The standard InChI is InChI=1S/C23H28N4/c1-25-11-13-26(14-12-25)20-9-10-21-23(16-20)27(17-24-21)22(15-18-7-8-18)19-5-3-2-4-6-19/h2-6,9-10,16-18,22H,7-8,11-15H2,1H3. The van der Waals surface area contributed by atoms with E-state index in [1.165, 1.54) is 36.0 Å². The highest BCUT2D eigenvalue weighted by Crippen LogP contribution is 2.40. The van der Waals surface area contributed by atoms with Gasteiger partial charge in [-0.25, -0.2) is 4.98 Å². The molecule has 2 heterocycles. The van der Waals surface area contributed by atoms with Crippen LogP contribution in [0.2, 0.25) is 0 Å². The Hall–Kier alpha value is -2.33. The van der Waals surface area contributed by atoms with Crippen LogP contribution in [-0.2, 0) is 0 Å². The summed E-state index contributed by atoms with van der Waals surface area (Å²) >= 11 is 0. The minimum absolute atomic E-state index is 0.381. The molecule has 1 aromatic heterocycles. The lowest BCUT2D eigenvalue weighted by molar-refractivity contribution is 0.313. The Morgan fingerprint density at radius 3 is 2.52 bits per heavy atom.